The molecule has 0 amide bonds. The molecule has 6 heteroatoms. The number of unbranched alkanes of at least 4 members (excludes halogenated alkanes) is 9. The Labute approximate surface area is 205 Å². The third kappa shape index (κ3) is 20.6. The maximum Gasteiger partial charge on any atom is 0.105 e. The van der Waals surface area contributed by atoms with E-state index in [9.17, 15) is 20.4 Å². The molecule has 6 nitrogen and oxygen atoms in total. The monoisotopic (exact) mass is 474 g/mol. The molecule has 0 spiro atoms. The van der Waals surface area contributed by atoms with Crippen LogP contribution in [0.3, 0.4) is 0 Å². The molecule has 6 N–H and O–H groups in total. The SMILES string of the molecule is OCC#CC#CCC(O)C(O)CCCCCCCCCCCC[C@@H](O)[C@H](O)CC#CC#CCO. The standard InChI is InChI=1S/C28H42O6/c29-23-17-11-9-15-21-27(33)25(31)19-13-7-5-3-1-2-4-6-8-14-20-26(32)28(34)22-16-10-12-18-24-30/h25-34H,1-8,13-14,19-24H2/t25-,26?,27-,28?/m1/s1. The van der Waals surface area contributed by atoms with Crippen molar-refractivity contribution in [1.82, 2.24) is 0 Å². The van der Waals surface area contributed by atoms with Gasteiger partial charge in [0.05, 0.1) is 24.4 Å². The Morgan fingerprint density at radius 1 is 0.382 bits per heavy atom. The number of aliphatic hydroxyl groups excluding tert-OH is 6. The molecule has 34 heavy (non-hydrogen) atoms. The van der Waals surface area contributed by atoms with E-state index in [0.717, 1.165) is 38.5 Å². The molecule has 0 aromatic heterocycles. The first-order valence-corrected chi connectivity index (χ1v) is 12.4. The maximum atomic E-state index is 9.95. The highest BCUT2D eigenvalue weighted by atomic mass is 16.3. The summed E-state index contributed by atoms with van der Waals surface area (Å²) in [4.78, 5) is 0. The van der Waals surface area contributed by atoms with E-state index in [1.54, 1.807) is 0 Å². The van der Waals surface area contributed by atoms with Gasteiger partial charge in [-0.1, -0.05) is 87.9 Å². The molecule has 0 aromatic rings. The van der Waals surface area contributed by atoms with E-state index < -0.39 is 24.4 Å². The van der Waals surface area contributed by atoms with Gasteiger partial charge < -0.3 is 30.6 Å². The fourth-order valence-corrected chi connectivity index (χ4v) is 3.35. The number of hydrogen-bond donors (Lipinski definition) is 6. The Morgan fingerprint density at radius 2 is 0.676 bits per heavy atom. The van der Waals surface area contributed by atoms with Crippen LogP contribution in [0, 0.1) is 47.4 Å². The Bertz CT molecular complexity index is 670. The first-order chi connectivity index (χ1) is 16.5. The lowest BCUT2D eigenvalue weighted by Crippen LogP contribution is -2.25. The molecule has 4 atom stereocenters. The van der Waals surface area contributed by atoms with Crippen LogP contribution in [0.4, 0.5) is 0 Å². The molecule has 0 saturated carbocycles. The smallest absolute Gasteiger partial charge is 0.105 e. The van der Waals surface area contributed by atoms with Gasteiger partial charge in [-0.05, 0) is 36.5 Å². The molecule has 0 aliphatic heterocycles. The molecule has 190 valence electrons. The van der Waals surface area contributed by atoms with Crippen LogP contribution in [0.5, 0.6) is 0 Å². The first kappa shape index (κ1) is 32.0. The minimum Gasteiger partial charge on any atom is -0.390 e. The van der Waals surface area contributed by atoms with Crippen molar-refractivity contribution in [3.63, 3.8) is 0 Å². The molecule has 0 aliphatic carbocycles. The van der Waals surface area contributed by atoms with Crippen LogP contribution in [-0.4, -0.2) is 68.3 Å². The normalized spacial score (nSPS) is 13.5. The van der Waals surface area contributed by atoms with Gasteiger partial charge >= 0.3 is 0 Å². The summed E-state index contributed by atoms with van der Waals surface area (Å²) >= 11 is 0. The van der Waals surface area contributed by atoms with Gasteiger partial charge in [-0.3, -0.25) is 0 Å². The van der Waals surface area contributed by atoms with E-state index in [-0.39, 0.29) is 26.1 Å². The van der Waals surface area contributed by atoms with Crippen molar-refractivity contribution in [2.75, 3.05) is 13.2 Å². The molecule has 0 fully saturated rings. The summed E-state index contributed by atoms with van der Waals surface area (Å²) in [5.41, 5.74) is 0. The summed E-state index contributed by atoms with van der Waals surface area (Å²) < 4.78 is 0. The number of aliphatic hydroxyl groups is 6. The third-order valence-electron chi connectivity index (χ3n) is 5.40. The molecule has 0 aromatic carbocycles. The highest BCUT2D eigenvalue weighted by molar-refractivity contribution is 5.26. The lowest BCUT2D eigenvalue weighted by molar-refractivity contribution is 0.0165. The van der Waals surface area contributed by atoms with E-state index in [0.29, 0.717) is 12.8 Å². The highest BCUT2D eigenvalue weighted by Crippen LogP contribution is 2.15. The molecular formula is C28H42O6. The molecular weight excluding hydrogens is 432 g/mol. The zero-order valence-electron chi connectivity index (χ0n) is 20.3. The second-order valence-electron chi connectivity index (χ2n) is 8.31. The van der Waals surface area contributed by atoms with Crippen molar-refractivity contribution in [2.45, 2.75) is 114 Å². The van der Waals surface area contributed by atoms with Crippen molar-refractivity contribution in [1.29, 1.82) is 0 Å². The van der Waals surface area contributed by atoms with Gasteiger partial charge in [0.25, 0.3) is 0 Å². The van der Waals surface area contributed by atoms with Crippen LogP contribution in [0.15, 0.2) is 0 Å². The quantitative estimate of drug-likeness (QED) is 0.141. The fourth-order valence-electron chi connectivity index (χ4n) is 3.35. The molecule has 0 heterocycles. The van der Waals surface area contributed by atoms with Crippen LogP contribution in [0.1, 0.15) is 89.9 Å². The molecule has 0 bridgehead atoms. The van der Waals surface area contributed by atoms with E-state index in [1.165, 1.54) is 25.7 Å². The van der Waals surface area contributed by atoms with Crippen molar-refractivity contribution < 1.29 is 30.6 Å². The predicted molar refractivity (Wildman–Crippen MR) is 134 cm³/mol. The molecule has 2 unspecified atom stereocenters. The Kier molecular flexibility index (Phi) is 22.7. The van der Waals surface area contributed by atoms with E-state index in [1.807, 2.05) is 0 Å². The second kappa shape index (κ2) is 24.1. The van der Waals surface area contributed by atoms with E-state index in [2.05, 4.69) is 47.4 Å². The predicted octanol–water partition coefficient (Wildman–Crippen LogP) is 1.89. The van der Waals surface area contributed by atoms with Crippen molar-refractivity contribution in [2.24, 2.45) is 0 Å². The Balaban J connectivity index is 3.56. The summed E-state index contributed by atoms with van der Waals surface area (Å²) in [6.45, 7) is -0.474. The Morgan fingerprint density at radius 3 is 1.00 bits per heavy atom. The van der Waals surface area contributed by atoms with Crippen LogP contribution in [-0.2, 0) is 0 Å². The van der Waals surface area contributed by atoms with Gasteiger partial charge in [-0.15, -0.1) is 0 Å². The number of hydrogen-bond acceptors (Lipinski definition) is 6. The molecule has 0 radical (unpaired) electrons. The van der Waals surface area contributed by atoms with E-state index in [4.69, 9.17) is 10.2 Å². The van der Waals surface area contributed by atoms with Crippen LogP contribution >= 0.6 is 0 Å². The van der Waals surface area contributed by atoms with Gasteiger partial charge in [0.1, 0.15) is 13.2 Å². The lowest BCUT2D eigenvalue weighted by atomic mass is 10.0. The summed E-state index contributed by atoms with van der Waals surface area (Å²) in [6.07, 6.45) is 9.03. The van der Waals surface area contributed by atoms with Gasteiger partial charge in [-0.2, -0.15) is 0 Å². The topological polar surface area (TPSA) is 121 Å². The lowest BCUT2D eigenvalue weighted by Gasteiger charge is -2.15. The summed E-state index contributed by atoms with van der Waals surface area (Å²) in [5.74, 6) is 20.1. The molecule has 0 saturated heterocycles. The third-order valence-corrected chi connectivity index (χ3v) is 5.40. The number of rotatable bonds is 17. The van der Waals surface area contributed by atoms with Gasteiger partial charge in [0, 0.05) is 12.8 Å². The maximum absolute atomic E-state index is 9.95. The van der Waals surface area contributed by atoms with Crippen LogP contribution < -0.4 is 0 Å². The average molecular weight is 475 g/mol. The van der Waals surface area contributed by atoms with Crippen molar-refractivity contribution in [3.8, 4) is 47.4 Å². The minimum absolute atomic E-state index is 0.178. The highest BCUT2D eigenvalue weighted by Gasteiger charge is 2.15. The van der Waals surface area contributed by atoms with Gasteiger partial charge in [0.15, 0.2) is 0 Å². The second-order valence-corrected chi connectivity index (χ2v) is 8.31. The van der Waals surface area contributed by atoms with Crippen LogP contribution in [0.25, 0.3) is 0 Å². The minimum atomic E-state index is -0.862. The van der Waals surface area contributed by atoms with Gasteiger partial charge in [-0.25, -0.2) is 0 Å². The van der Waals surface area contributed by atoms with Crippen molar-refractivity contribution in [3.05, 3.63) is 0 Å². The summed E-state index contributed by atoms with van der Waals surface area (Å²) in [7, 11) is 0. The molecule has 0 rings (SSSR count). The van der Waals surface area contributed by atoms with Crippen LogP contribution in [0.2, 0.25) is 0 Å². The Hall–Kier alpha value is -2.00. The largest absolute Gasteiger partial charge is 0.390 e. The zero-order chi connectivity index (χ0) is 25.3. The average Bonchev–Trinajstić information content (AvgIpc) is 2.83. The van der Waals surface area contributed by atoms with Crippen molar-refractivity contribution >= 4 is 0 Å². The summed E-state index contributed by atoms with van der Waals surface area (Å²) in [6, 6.07) is 0. The molecule has 0 aliphatic rings. The zero-order valence-corrected chi connectivity index (χ0v) is 20.3. The summed E-state index contributed by atoms with van der Waals surface area (Å²) in [5, 5.41) is 56.6. The fraction of sp³-hybridized carbons (Fsp3) is 0.714. The first-order valence-electron chi connectivity index (χ1n) is 12.4. The van der Waals surface area contributed by atoms with E-state index >= 15 is 0 Å². The van der Waals surface area contributed by atoms with Gasteiger partial charge in [0.2, 0.25) is 0 Å².